The highest BCUT2D eigenvalue weighted by molar-refractivity contribution is 5.82. The van der Waals surface area contributed by atoms with Gasteiger partial charge in [0.15, 0.2) is 0 Å². The summed E-state index contributed by atoms with van der Waals surface area (Å²) in [6.07, 6.45) is 52.7. The Morgan fingerprint density at radius 1 is 0.381 bits per heavy atom. The number of nitrogens with zero attached hydrogens (tertiary/aromatic N) is 2. The number of aliphatic hydroxyl groups is 1. The molecule has 15 heteroatoms. The predicted molar refractivity (Wildman–Crippen MR) is 344 cm³/mol. The van der Waals surface area contributed by atoms with Crippen molar-refractivity contribution in [2.75, 3.05) is 46.0 Å². The summed E-state index contributed by atoms with van der Waals surface area (Å²) < 4.78 is 21.6. The number of carboxylic acid groups (broad SMARTS) is 2. The van der Waals surface area contributed by atoms with E-state index in [-0.39, 0.29) is 37.2 Å². The summed E-state index contributed by atoms with van der Waals surface area (Å²) in [5.41, 5.74) is -1.06. The average molecular weight is 1190 g/mol. The van der Waals surface area contributed by atoms with Gasteiger partial charge in [-0.05, 0) is 144 Å². The lowest BCUT2D eigenvalue weighted by Crippen LogP contribution is -2.38. The first-order valence-electron chi connectivity index (χ1n) is 32.8. The van der Waals surface area contributed by atoms with Gasteiger partial charge in [-0.15, -0.1) is 0 Å². The Hall–Kier alpha value is -4.92. The maximum atomic E-state index is 12.8. The molecule has 0 aliphatic carbocycles. The van der Waals surface area contributed by atoms with Crippen molar-refractivity contribution >= 4 is 36.1 Å². The van der Waals surface area contributed by atoms with Gasteiger partial charge in [0.05, 0.1) is 6.61 Å². The number of ether oxygens (including phenoxy) is 4. The van der Waals surface area contributed by atoms with Gasteiger partial charge in [-0.2, -0.15) is 0 Å². The Morgan fingerprint density at radius 2 is 0.714 bits per heavy atom. The predicted octanol–water partition coefficient (Wildman–Crippen LogP) is 18.2. The molecule has 0 unspecified atom stereocenters. The van der Waals surface area contributed by atoms with Crippen LogP contribution in [0, 0.1) is 0 Å². The SMILES string of the molecule is CC(C)(C)OC(=O)N(CCCCC/C=C/C(=O)O)CCCCCCCC(=O)O.CCCCCC/C=C\CO.CCCCCC/C=C\COC(=O)/C=C/CCCCCN(CCCCCCCC(=O)OC/C=C\CCCCCC)C(=O)OC(C)(C)C. The van der Waals surface area contributed by atoms with Crippen LogP contribution in [0.5, 0.6) is 0 Å². The molecule has 2 amide bonds. The first-order chi connectivity index (χ1) is 40.2. The maximum absolute atomic E-state index is 12.8. The van der Waals surface area contributed by atoms with E-state index in [1.54, 1.807) is 11.0 Å². The lowest BCUT2D eigenvalue weighted by atomic mass is 10.1. The fraction of sp³-hybridized carbons (Fsp3) is 0.768. The molecule has 0 radical (unpaired) electrons. The van der Waals surface area contributed by atoms with Crippen molar-refractivity contribution < 1.29 is 63.0 Å². The fourth-order valence-electron chi connectivity index (χ4n) is 8.32. The molecule has 0 saturated carbocycles. The van der Waals surface area contributed by atoms with Crippen LogP contribution in [-0.4, -0.2) is 118 Å². The van der Waals surface area contributed by atoms with Gasteiger partial charge in [0, 0.05) is 51.2 Å². The van der Waals surface area contributed by atoms with Crippen molar-refractivity contribution in [2.45, 2.75) is 298 Å². The van der Waals surface area contributed by atoms with Crippen LogP contribution in [0.25, 0.3) is 0 Å². The third-order valence-corrected chi connectivity index (χ3v) is 13.0. The quantitative estimate of drug-likeness (QED) is 0.0171. The number of allylic oxidation sites excluding steroid dienone is 5. The van der Waals surface area contributed by atoms with E-state index in [1.807, 2.05) is 70.7 Å². The highest BCUT2D eigenvalue weighted by atomic mass is 16.6. The lowest BCUT2D eigenvalue weighted by Gasteiger charge is -2.27. The third kappa shape index (κ3) is 69.6. The highest BCUT2D eigenvalue weighted by Crippen LogP contribution is 2.16. The van der Waals surface area contributed by atoms with E-state index in [0.717, 1.165) is 134 Å². The highest BCUT2D eigenvalue weighted by Gasteiger charge is 2.23. The maximum Gasteiger partial charge on any atom is 0.410 e. The number of rotatable bonds is 50. The zero-order valence-electron chi connectivity index (χ0n) is 54.8. The molecule has 15 nitrogen and oxygen atoms in total. The number of aliphatic hydroxyl groups excluding tert-OH is 1. The van der Waals surface area contributed by atoms with Gasteiger partial charge in [0.2, 0.25) is 0 Å². The molecule has 0 atom stereocenters. The van der Waals surface area contributed by atoms with Gasteiger partial charge in [0.25, 0.3) is 0 Å². The van der Waals surface area contributed by atoms with Crippen LogP contribution in [0.15, 0.2) is 60.8 Å². The van der Waals surface area contributed by atoms with Crippen molar-refractivity contribution in [2.24, 2.45) is 0 Å². The van der Waals surface area contributed by atoms with Crippen LogP contribution in [0.3, 0.4) is 0 Å². The summed E-state index contributed by atoms with van der Waals surface area (Å²) in [5, 5.41) is 25.6. The summed E-state index contributed by atoms with van der Waals surface area (Å²) >= 11 is 0. The molecule has 0 saturated heterocycles. The molecule has 3 N–H and O–H groups in total. The first-order valence-corrected chi connectivity index (χ1v) is 32.8. The van der Waals surface area contributed by atoms with Crippen LogP contribution < -0.4 is 0 Å². The molecule has 0 aromatic rings. The van der Waals surface area contributed by atoms with Gasteiger partial charge in [-0.1, -0.05) is 179 Å². The van der Waals surface area contributed by atoms with Crippen LogP contribution in [-0.2, 0) is 38.1 Å². The van der Waals surface area contributed by atoms with Crippen LogP contribution in [0.4, 0.5) is 9.59 Å². The van der Waals surface area contributed by atoms with Gasteiger partial charge in [0.1, 0.15) is 24.4 Å². The van der Waals surface area contributed by atoms with Crippen molar-refractivity contribution in [1.29, 1.82) is 0 Å². The minimum atomic E-state index is -0.931. The van der Waals surface area contributed by atoms with E-state index < -0.39 is 23.1 Å². The van der Waals surface area contributed by atoms with Gasteiger partial charge >= 0.3 is 36.1 Å². The number of carbonyl (C=O) groups is 6. The first kappa shape index (κ1) is 83.3. The Labute approximate surface area is 511 Å². The molecule has 0 bridgehead atoms. The number of carboxylic acids is 2. The number of carbonyl (C=O) groups excluding carboxylic acids is 4. The molecule has 488 valence electrons. The fourth-order valence-corrected chi connectivity index (χ4v) is 8.32. The largest absolute Gasteiger partial charge is 0.481 e. The Balaban J connectivity index is -0.00000145. The summed E-state index contributed by atoms with van der Waals surface area (Å²) in [6, 6.07) is 0. The van der Waals surface area contributed by atoms with Crippen molar-refractivity contribution in [3.63, 3.8) is 0 Å². The van der Waals surface area contributed by atoms with Crippen LogP contribution >= 0.6 is 0 Å². The standard InChI is InChI=1S/C39H69NO6.C21H37NO6.C9H18O/c1-6-8-10-12-14-22-28-34-44-36(41)30-24-18-16-20-26-32-40(38(43)46-39(3,4)5)33-27-21-17-19-25-31-37(42)45-35-29-23-15-13-11-9-7-2;1-21(2,3)28-20(27)22(16-12-8-4-6-10-14-18(23)24)17-13-9-5-7-11-15-19(25)26;1-2-3-4-5-6-7-8-9-10/h22-24,28-30H,6-21,25-27,31-35H2,1-5H3;10,14H,4-9,11-13,15-17H2,1-3H3,(H,23,24)(H,25,26);7-8,10H,2-6,9H2,1H3/b28-22-,29-23-,30-24+;14-10+;8-7-. The summed E-state index contributed by atoms with van der Waals surface area (Å²) in [5.74, 6) is -2.12. The molecule has 0 aromatic heterocycles. The Kier molecular flexibility index (Phi) is 60.7. The van der Waals surface area contributed by atoms with Crippen LogP contribution in [0.2, 0.25) is 0 Å². The van der Waals surface area contributed by atoms with Gasteiger partial charge < -0.3 is 44.1 Å². The van der Waals surface area contributed by atoms with Gasteiger partial charge in [-0.25, -0.2) is 19.2 Å². The topological polar surface area (TPSA) is 207 Å². The van der Waals surface area contributed by atoms with E-state index in [2.05, 4.69) is 39.0 Å². The third-order valence-electron chi connectivity index (χ3n) is 13.0. The molecule has 0 aliphatic rings. The monoisotopic (exact) mass is 1190 g/mol. The summed E-state index contributed by atoms with van der Waals surface area (Å²) in [4.78, 5) is 73.5. The number of hydrogen-bond acceptors (Lipinski definition) is 11. The molecule has 84 heavy (non-hydrogen) atoms. The molecule has 0 heterocycles. The van der Waals surface area contributed by atoms with E-state index in [0.29, 0.717) is 52.2 Å². The number of hydrogen-bond donors (Lipinski definition) is 3. The zero-order valence-corrected chi connectivity index (χ0v) is 54.8. The molecule has 0 aromatic carbocycles. The van der Waals surface area contributed by atoms with Crippen molar-refractivity contribution in [3.8, 4) is 0 Å². The number of unbranched alkanes of at least 4 members (excludes halogenated alkanes) is 26. The molecule has 0 spiro atoms. The summed E-state index contributed by atoms with van der Waals surface area (Å²) in [6.45, 7) is 21.3. The second-order valence-corrected chi connectivity index (χ2v) is 23.7. The molecule has 0 rings (SSSR count). The summed E-state index contributed by atoms with van der Waals surface area (Å²) in [7, 11) is 0. The van der Waals surface area contributed by atoms with Gasteiger partial charge in [-0.3, -0.25) is 9.59 Å². The number of esters is 2. The Morgan fingerprint density at radius 3 is 1.10 bits per heavy atom. The minimum absolute atomic E-state index is 0.126. The zero-order chi connectivity index (χ0) is 63.2. The molecule has 0 fully saturated rings. The molecular formula is C69H124N2O13. The average Bonchev–Trinajstić information content (AvgIpc) is 3.52. The molecular weight excluding hydrogens is 1060 g/mol. The van der Waals surface area contributed by atoms with Crippen LogP contribution in [0.1, 0.15) is 287 Å². The van der Waals surface area contributed by atoms with Crippen molar-refractivity contribution in [1.82, 2.24) is 9.80 Å². The normalized spacial score (nSPS) is 11.7. The second kappa shape index (κ2) is 61.2. The lowest BCUT2D eigenvalue weighted by molar-refractivity contribution is -0.142. The number of amides is 2. The second-order valence-electron chi connectivity index (χ2n) is 23.7. The van der Waals surface area contributed by atoms with E-state index in [4.69, 9.17) is 34.3 Å². The smallest absolute Gasteiger partial charge is 0.410 e. The van der Waals surface area contributed by atoms with E-state index in [9.17, 15) is 28.8 Å². The number of aliphatic carboxylic acids is 2. The van der Waals surface area contributed by atoms with E-state index in [1.165, 1.54) is 83.1 Å². The van der Waals surface area contributed by atoms with Crippen molar-refractivity contribution in [3.05, 3.63) is 60.8 Å². The minimum Gasteiger partial charge on any atom is -0.481 e. The van der Waals surface area contributed by atoms with E-state index >= 15 is 0 Å². The Bertz CT molecular complexity index is 1740. The molecule has 0 aliphatic heterocycles.